The van der Waals surface area contributed by atoms with Crippen LogP contribution in [0, 0.1) is 6.54 Å². The fraction of sp³-hybridized carbons (Fsp3) is 0.250. The van der Waals surface area contributed by atoms with Gasteiger partial charge in [-0.05, 0) is 18.6 Å². The van der Waals surface area contributed by atoms with Crippen LogP contribution in [0.5, 0.6) is 0 Å². The molecule has 0 aromatic carbocycles. The third-order valence-corrected chi connectivity index (χ3v) is 3.09. The fourth-order valence-electron chi connectivity index (χ4n) is 2.04. The summed E-state index contributed by atoms with van der Waals surface area (Å²) in [4.78, 5) is 24.4. The summed E-state index contributed by atoms with van der Waals surface area (Å²) in [6.07, 6.45) is 12.6. The molecule has 1 aliphatic heterocycles. The van der Waals surface area contributed by atoms with Crippen molar-refractivity contribution in [2.24, 2.45) is 0 Å². The Balaban J connectivity index is 1.68. The van der Waals surface area contributed by atoms with Crippen LogP contribution in [0.4, 0.5) is 0 Å². The Morgan fingerprint density at radius 1 is 0.950 bits per heavy atom. The van der Waals surface area contributed by atoms with Crippen molar-refractivity contribution in [3.63, 3.8) is 0 Å². The van der Waals surface area contributed by atoms with E-state index in [0.29, 0.717) is 25.8 Å². The number of nitrogens with one attached hydrogen (secondary N) is 1. The topological polar surface area (TPSA) is 42.5 Å². The predicted molar refractivity (Wildman–Crippen MR) is 74.0 cm³/mol. The Morgan fingerprint density at radius 2 is 1.75 bits per heavy atom. The maximum absolute atomic E-state index is 11.9. The minimum absolute atomic E-state index is 0.103. The number of quaternary nitrogens is 1. The summed E-state index contributed by atoms with van der Waals surface area (Å²) in [5.74, 6) is 0.257. The molecule has 0 saturated carbocycles. The summed E-state index contributed by atoms with van der Waals surface area (Å²) in [7, 11) is 0. The molecule has 1 amide bonds. The van der Waals surface area contributed by atoms with E-state index in [1.54, 1.807) is 0 Å². The summed E-state index contributed by atoms with van der Waals surface area (Å²) >= 11 is 0. The van der Waals surface area contributed by atoms with E-state index >= 15 is 0 Å². The number of hydrogen-bond donors (Lipinski definition) is 1. The highest BCUT2D eigenvalue weighted by atomic mass is 16.2. The van der Waals surface area contributed by atoms with Gasteiger partial charge in [0.1, 0.15) is 6.20 Å². The van der Waals surface area contributed by atoms with Gasteiger partial charge < -0.3 is 0 Å². The molecule has 0 saturated heterocycles. The third kappa shape index (κ3) is 4.55. The van der Waals surface area contributed by atoms with Crippen LogP contribution < -0.4 is 9.47 Å². The molecule has 2 heterocycles. The molecule has 1 aliphatic rings. The average molecular weight is 271 g/mol. The van der Waals surface area contributed by atoms with Gasteiger partial charge in [0.25, 0.3) is 0 Å². The molecule has 1 aromatic rings. The van der Waals surface area contributed by atoms with Crippen LogP contribution in [0.2, 0.25) is 0 Å². The highest BCUT2D eigenvalue weighted by molar-refractivity contribution is 5.77. The van der Waals surface area contributed by atoms with E-state index in [4.69, 9.17) is 0 Å². The summed E-state index contributed by atoms with van der Waals surface area (Å²) in [5, 5.41) is 0. The zero-order valence-electron chi connectivity index (χ0n) is 11.4. The molecular weight excluding hydrogens is 252 g/mol. The lowest BCUT2D eigenvalue weighted by Gasteiger charge is -2.10. The van der Waals surface area contributed by atoms with Gasteiger partial charge in [0.05, 0.1) is 6.42 Å². The quantitative estimate of drug-likeness (QED) is 0.760. The Hall–Kier alpha value is -2.07. The lowest BCUT2D eigenvalue weighted by atomic mass is 10.1. The largest absolute Gasteiger partial charge is 0.317 e. The minimum atomic E-state index is 0.103. The highest BCUT2D eigenvalue weighted by Crippen LogP contribution is 1.97. The number of carbonyl (C=O) groups is 2. The molecule has 0 fully saturated rings. The first-order valence-electron chi connectivity index (χ1n) is 6.80. The molecule has 1 unspecified atom stereocenters. The van der Waals surface area contributed by atoms with Crippen molar-refractivity contribution in [2.45, 2.75) is 25.8 Å². The standard InChI is InChI=1S/C16H19N2O2/c19-15(14-17-10-3-1-4-11-17)8-7-9-16(20)18-12-5-2-6-13-18/h1-6,10-13,18H,7-9,14H2/q+2. The van der Waals surface area contributed by atoms with Gasteiger partial charge in [0, 0.05) is 18.6 Å². The Bertz CT molecular complexity index is 521. The van der Waals surface area contributed by atoms with Crippen LogP contribution in [0.1, 0.15) is 19.3 Å². The number of nitrogens with zero attached hydrogens (tertiary/aromatic N) is 1. The average Bonchev–Trinajstić information content (AvgIpc) is 2.49. The number of aromatic nitrogens is 1. The first kappa shape index (κ1) is 14.3. The molecule has 0 bridgehead atoms. The normalized spacial score (nSPS) is 17.1. The smallest absolute Gasteiger partial charge is 0.293 e. The zero-order valence-corrected chi connectivity index (χ0v) is 11.4. The summed E-state index contributed by atoms with van der Waals surface area (Å²) in [6, 6.07) is 5.71. The van der Waals surface area contributed by atoms with Crippen molar-refractivity contribution in [2.75, 3.05) is 0 Å². The number of ketones is 1. The second kappa shape index (κ2) is 7.50. The lowest BCUT2D eigenvalue weighted by molar-refractivity contribution is -0.725. The monoisotopic (exact) mass is 271 g/mol. The Morgan fingerprint density at radius 3 is 2.45 bits per heavy atom. The minimum Gasteiger partial charge on any atom is -0.293 e. The van der Waals surface area contributed by atoms with Crippen LogP contribution in [0.15, 0.2) is 55.0 Å². The van der Waals surface area contributed by atoms with Gasteiger partial charge in [-0.2, -0.15) is 4.57 Å². The maximum atomic E-state index is 11.9. The Kier molecular flexibility index (Phi) is 5.38. The van der Waals surface area contributed by atoms with E-state index in [2.05, 4.69) is 0 Å². The Labute approximate surface area is 119 Å². The third-order valence-electron chi connectivity index (χ3n) is 3.09. The van der Waals surface area contributed by atoms with Crippen LogP contribution in [0.3, 0.4) is 0 Å². The van der Waals surface area contributed by atoms with E-state index in [0.717, 1.165) is 4.90 Å². The van der Waals surface area contributed by atoms with Gasteiger partial charge in [-0.1, -0.05) is 12.1 Å². The summed E-state index contributed by atoms with van der Waals surface area (Å²) in [5.41, 5.74) is 0. The highest BCUT2D eigenvalue weighted by Gasteiger charge is 2.18. The van der Waals surface area contributed by atoms with E-state index in [-0.39, 0.29) is 11.7 Å². The molecule has 0 aliphatic carbocycles. The molecule has 1 radical (unpaired) electrons. The van der Waals surface area contributed by atoms with Crippen molar-refractivity contribution in [1.82, 2.24) is 0 Å². The second-order valence-corrected chi connectivity index (χ2v) is 4.73. The summed E-state index contributed by atoms with van der Waals surface area (Å²) < 4.78 is 1.85. The number of Topliss-reactive ketones (excluding diaryl/α,β-unsaturated/α-hetero) is 1. The van der Waals surface area contributed by atoms with Crippen molar-refractivity contribution in [3.05, 3.63) is 61.6 Å². The maximum Gasteiger partial charge on any atom is 0.317 e. The van der Waals surface area contributed by atoms with E-state index < -0.39 is 0 Å². The van der Waals surface area contributed by atoms with Gasteiger partial charge >= 0.3 is 5.91 Å². The van der Waals surface area contributed by atoms with Gasteiger partial charge in [0.2, 0.25) is 6.54 Å². The van der Waals surface area contributed by atoms with Crippen molar-refractivity contribution in [1.29, 1.82) is 0 Å². The van der Waals surface area contributed by atoms with Crippen molar-refractivity contribution < 1.29 is 19.1 Å². The molecular formula is C16H19N2O2+2. The number of allylic oxidation sites excluding steroid dienone is 2. The number of carbonyl (C=O) groups excluding carboxylic acids is 2. The van der Waals surface area contributed by atoms with E-state index in [9.17, 15) is 9.59 Å². The second-order valence-electron chi connectivity index (χ2n) is 4.73. The van der Waals surface area contributed by atoms with Gasteiger partial charge in [-0.15, -0.1) is 0 Å². The van der Waals surface area contributed by atoms with Crippen LogP contribution in [-0.2, 0) is 16.1 Å². The van der Waals surface area contributed by atoms with Gasteiger partial charge in [-0.25, -0.2) is 9.69 Å². The first-order valence-corrected chi connectivity index (χ1v) is 6.80. The lowest BCUT2D eigenvalue weighted by Crippen LogP contribution is -3.07. The predicted octanol–water partition coefficient (Wildman–Crippen LogP) is 0.370. The molecule has 4 nitrogen and oxygen atoms in total. The summed E-state index contributed by atoms with van der Waals surface area (Å²) in [6.45, 7) is 2.18. The van der Waals surface area contributed by atoms with Crippen LogP contribution in [-0.4, -0.2) is 11.7 Å². The van der Waals surface area contributed by atoms with Crippen LogP contribution in [0.25, 0.3) is 0 Å². The number of amides is 1. The molecule has 2 rings (SSSR count). The zero-order chi connectivity index (χ0) is 14.2. The number of rotatable bonds is 6. The molecule has 1 aromatic heterocycles. The molecule has 1 atom stereocenters. The molecule has 1 N–H and O–H groups in total. The van der Waals surface area contributed by atoms with Gasteiger partial charge in [0.15, 0.2) is 24.7 Å². The number of pyridine rings is 1. The fourth-order valence-corrected chi connectivity index (χ4v) is 2.04. The van der Waals surface area contributed by atoms with E-state index in [1.165, 1.54) is 0 Å². The molecule has 4 heteroatoms. The first-order chi connectivity index (χ1) is 9.75. The van der Waals surface area contributed by atoms with Crippen molar-refractivity contribution in [3.8, 4) is 0 Å². The van der Waals surface area contributed by atoms with E-state index in [1.807, 2.05) is 66.1 Å². The van der Waals surface area contributed by atoms with Crippen molar-refractivity contribution >= 4 is 11.7 Å². The SMILES string of the molecule is O=C(CCCC(=O)[NH+]1[CH]C=CC=C1)C[n+]1ccccc1. The molecule has 0 spiro atoms. The number of hydrogen-bond acceptors (Lipinski definition) is 2. The van der Waals surface area contributed by atoms with Crippen LogP contribution >= 0.6 is 0 Å². The van der Waals surface area contributed by atoms with Gasteiger partial charge in [-0.3, -0.25) is 4.79 Å². The molecule has 103 valence electrons. The molecule has 20 heavy (non-hydrogen) atoms.